The average molecular weight is 573 g/mol. The number of hydrogen-bond acceptors (Lipinski definition) is 4. The number of carbonyl (C=O) groups excluding carboxylic acids is 2. The molecule has 2 aromatic rings. The van der Waals surface area contributed by atoms with Gasteiger partial charge in [-0.25, -0.2) is 4.79 Å². The van der Waals surface area contributed by atoms with Gasteiger partial charge in [0.15, 0.2) is 0 Å². The lowest BCUT2D eigenvalue weighted by Gasteiger charge is -2.35. The van der Waals surface area contributed by atoms with Crippen LogP contribution in [-0.2, 0) is 6.18 Å². The van der Waals surface area contributed by atoms with Crippen LogP contribution in [0, 0.1) is 0 Å². The van der Waals surface area contributed by atoms with Crippen molar-refractivity contribution in [1.82, 2.24) is 29.4 Å². The molecule has 8 nitrogen and oxygen atoms in total. The Morgan fingerprint density at radius 1 is 0.854 bits per heavy atom. The van der Waals surface area contributed by atoms with E-state index in [0.29, 0.717) is 37.7 Å². The SMILES string of the molecule is CN(C)[C@H]1CCN(C(=O)N2CCC(n3ncc(C(=O)N4CCC(c5ccccc5C(F)(F)F)C4)c3C3CC3)CC2)C1. The Bertz CT molecular complexity index is 1280. The van der Waals surface area contributed by atoms with E-state index < -0.39 is 11.7 Å². The number of amides is 3. The molecule has 1 aliphatic carbocycles. The van der Waals surface area contributed by atoms with Crippen molar-refractivity contribution >= 4 is 11.9 Å². The van der Waals surface area contributed by atoms with E-state index in [2.05, 4.69) is 19.0 Å². The summed E-state index contributed by atoms with van der Waals surface area (Å²) in [5.74, 6) is -0.197. The van der Waals surface area contributed by atoms with Gasteiger partial charge in [-0.3, -0.25) is 9.48 Å². The number of piperidine rings is 1. The van der Waals surface area contributed by atoms with Crippen LogP contribution in [0.1, 0.15) is 83.6 Å². The first-order chi connectivity index (χ1) is 19.6. The van der Waals surface area contributed by atoms with Gasteiger partial charge in [0.1, 0.15) is 0 Å². The van der Waals surface area contributed by atoms with Crippen molar-refractivity contribution in [3.05, 3.63) is 52.8 Å². The topological polar surface area (TPSA) is 64.9 Å². The van der Waals surface area contributed by atoms with Crippen LogP contribution >= 0.6 is 0 Å². The Hall–Kier alpha value is -3.08. The van der Waals surface area contributed by atoms with E-state index in [0.717, 1.165) is 57.0 Å². The van der Waals surface area contributed by atoms with Gasteiger partial charge in [-0.2, -0.15) is 18.3 Å². The molecule has 0 radical (unpaired) electrons. The van der Waals surface area contributed by atoms with E-state index in [4.69, 9.17) is 5.10 Å². The molecule has 3 aliphatic heterocycles. The van der Waals surface area contributed by atoms with Gasteiger partial charge >= 0.3 is 12.2 Å². The van der Waals surface area contributed by atoms with E-state index in [1.165, 1.54) is 12.1 Å². The van der Waals surface area contributed by atoms with Crippen LogP contribution in [0.25, 0.3) is 0 Å². The molecule has 1 aromatic carbocycles. The summed E-state index contributed by atoms with van der Waals surface area (Å²) in [4.78, 5) is 34.6. The normalized spacial score (nSPS) is 24.1. The third kappa shape index (κ3) is 5.57. The maximum Gasteiger partial charge on any atom is 0.416 e. The lowest BCUT2D eigenvalue weighted by atomic mass is 9.93. The first-order valence-corrected chi connectivity index (χ1v) is 14.8. The van der Waals surface area contributed by atoms with E-state index >= 15 is 0 Å². The molecule has 11 heteroatoms. The lowest BCUT2D eigenvalue weighted by molar-refractivity contribution is -0.138. The highest BCUT2D eigenvalue weighted by molar-refractivity contribution is 5.95. The van der Waals surface area contributed by atoms with Crippen LogP contribution in [0.15, 0.2) is 30.5 Å². The molecule has 6 rings (SSSR count). The van der Waals surface area contributed by atoms with Crippen molar-refractivity contribution in [2.75, 3.05) is 53.4 Å². The van der Waals surface area contributed by atoms with Crippen molar-refractivity contribution in [3.8, 4) is 0 Å². The zero-order chi connectivity index (χ0) is 28.9. The zero-order valence-electron chi connectivity index (χ0n) is 23.8. The molecule has 3 amide bonds. The molecular formula is C30H39F3N6O2. The van der Waals surface area contributed by atoms with Gasteiger partial charge in [0.25, 0.3) is 5.91 Å². The van der Waals surface area contributed by atoms with Gasteiger partial charge in [0.2, 0.25) is 0 Å². The second-order valence-electron chi connectivity index (χ2n) is 12.3. The molecule has 0 bridgehead atoms. The Kier molecular flexibility index (Phi) is 7.50. The number of benzene rings is 1. The molecular weight excluding hydrogens is 533 g/mol. The first-order valence-electron chi connectivity index (χ1n) is 14.8. The highest BCUT2D eigenvalue weighted by Gasteiger charge is 2.41. The fourth-order valence-electron chi connectivity index (χ4n) is 6.91. The Morgan fingerprint density at radius 3 is 2.20 bits per heavy atom. The quantitative estimate of drug-likeness (QED) is 0.517. The van der Waals surface area contributed by atoms with Crippen molar-refractivity contribution in [2.45, 2.75) is 68.6 Å². The average Bonchev–Trinajstić information content (AvgIpc) is 3.35. The number of likely N-dealkylation sites (N-methyl/N-ethyl adjacent to an activating group) is 1. The lowest BCUT2D eigenvalue weighted by Crippen LogP contribution is -2.47. The summed E-state index contributed by atoms with van der Waals surface area (Å²) in [6.45, 7) is 3.57. The summed E-state index contributed by atoms with van der Waals surface area (Å²) in [5, 5.41) is 4.69. The number of nitrogens with zero attached hydrogens (tertiary/aromatic N) is 6. The third-order valence-corrected chi connectivity index (χ3v) is 9.46. The molecule has 0 N–H and O–H groups in total. The van der Waals surface area contributed by atoms with Gasteiger partial charge in [-0.05, 0) is 64.3 Å². The number of alkyl halides is 3. The molecule has 1 unspecified atom stereocenters. The van der Waals surface area contributed by atoms with Crippen molar-refractivity contribution in [3.63, 3.8) is 0 Å². The van der Waals surface area contributed by atoms with E-state index in [1.54, 1.807) is 17.2 Å². The van der Waals surface area contributed by atoms with Crippen molar-refractivity contribution < 1.29 is 22.8 Å². The second-order valence-corrected chi connectivity index (χ2v) is 12.3. The minimum absolute atomic E-state index is 0.113. The number of likely N-dealkylation sites (tertiary alicyclic amines) is 3. The van der Waals surface area contributed by atoms with Gasteiger partial charge in [-0.1, -0.05) is 18.2 Å². The third-order valence-electron chi connectivity index (χ3n) is 9.46. The van der Waals surface area contributed by atoms with Crippen molar-refractivity contribution in [1.29, 1.82) is 0 Å². The molecule has 4 heterocycles. The summed E-state index contributed by atoms with van der Waals surface area (Å²) >= 11 is 0. The van der Waals surface area contributed by atoms with Gasteiger partial charge in [0.05, 0.1) is 29.1 Å². The van der Waals surface area contributed by atoms with E-state index in [1.807, 2.05) is 14.5 Å². The maximum atomic E-state index is 13.7. The summed E-state index contributed by atoms with van der Waals surface area (Å²) in [6.07, 6.45) is 2.33. The number of aromatic nitrogens is 2. The molecule has 1 aromatic heterocycles. The van der Waals surface area contributed by atoms with E-state index in [9.17, 15) is 22.8 Å². The predicted octanol–water partition coefficient (Wildman–Crippen LogP) is 4.80. The second kappa shape index (κ2) is 11.0. The van der Waals surface area contributed by atoms with Crippen molar-refractivity contribution in [2.24, 2.45) is 0 Å². The molecule has 1 saturated carbocycles. The molecule has 0 spiro atoms. The number of carbonyl (C=O) groups is 2. The van der Waals surface area contributed by atoms with Crippen LogP contribution in [0.2, 0.25) is 0 Å². The summed E-state index contributed by atoms with van der Waals surface area (Å²) < 4.78 is 42.9. The van der Waals surface area contributed by atoms with Crippen LogP contribution < -0.4 is 0 Å². The molecule has 4 aliphatic rings. The highest BCUT2D eigenvalue weighted by Crippen LogP contribution is 2.44. The fraction of sp³-hybridized carbons (Fsp3) is 0.633. The zero-order valence-corrected chi connectivity index (χ0v) is 23.8. The molecule has 4 fully saturated rings. The minimum Gasteiger partial charge on any atom is -0.338 e. The monoisotopic (exact) mass is 572 g/mol. The fourth-order valence-corrected chi connectivity index (χ4v) is 6.91. The van der Waals surface area contributed by atoms with Crippen LogP contribution in [0.4, 0.5) is 18.0 Å². The van der Waals surface area contributed by atoms with E-state index in [-0.39, 0.29) is 41.9 Å². The minimum atomic E-state index is -4.42. The molecule has 222 valence electrons. The number of halogens is 3. The first kappa shape index (κ1) is 28.1. The summed E-state index contributed by atoms with van der Waals surface area (Å²) in [6, 6.07) is 6.35. The summed E-state index contributed by atoms with van der Waals surface area (Å²) in [5.41, 5.74) is 1.20. The van der Waals surface area contributed by atoms with Gasteiger partial charge in [0, 0.05) is 57.1 Å². The van der Waals surface area contributed by atoms with Gasteiger partial charge in [-0.15, -0.1) is 0 Å². The molecule has 2 atom stereocenters. The standard InChI is InChI=1S/C30H39F3N6O2/c1-35(2)23-12-16-38(19-23)29(41)36-14-10-22(11-15-36)39-27(20-7-8-20)25(17-34-39)28(40)37-13-9-21(18-37)24-5-3-4-6-26(24)30(31,32)33/h3-6,17,20-23H,7-16,18-19H2,1-2H3/t21?,23-/m0/s1. The Balaban J connectivity index is 1.12. The molecule has 3 saturated heterocycles. The Morgan fingerprint density at radius 2 is 1.54 bits per heavy atom. The molecule has 41 heavy (non-hydrogen) atoms. The smallest absolute Gasteiger partial charge is 0.338 e. The Labute approximate surface area is 239 Å². The number of hydrogen-bond donors (Lipinski definition) is 0. The maximum absolute atomic E-state index is 13.7. The summed E-state index contributed by atoms with van der Waals surface area (Å²) in [7, 11) is 4.11. The van der Waals surface area contributed by atoms with Crippen LogP contribution in [0.3, 0.4) is 0 Å². The number of rotatable bonds is 5. The predicted molar refractivity (Wildman–Crippen MR) is 148 cm³/mol. The highest BCUT2D eigenvalue weighted by atomic mass is 19.4. The van der Waals surface area contributed by atoms with Gasteiger partial charge < -0.3 is 19.6 Å². The van der Waals surface area contributed by atoms with Crippen LogP contribution in [-0.4, -0.2) is 101 Å². The number of urea groups is 1. The largest absolute Gasteiger partial charge is 0.416 e. The van der Waals surface area contributed by atoms with Crippen LogP contribution in [0.5, 0.6) is 0 Å².